The summed E-state index contributed by atoms with van der Waals surface area (Å²) in [6.45, 7) is 7.91. The molecule has 1 aromatic carbocycles. The van der Waals surface area contributed by atoms with Gasteiger partial charge in [0, 0.05) is 23.5 Å². The Kier molecular flexibility index (Phi) is 6.27. The van der Waals surface area contributed by atoms with Crippen LogP contribution in [0.5, 0.6) is 0 Å². The molecule has 0 spiro atoms. The van der Waals surface area contributed by atoms with Crippen LogP contribution in [0.15, 0.2) is 40.6 Å². The first-order chi connectivity index (χ1) is 13.2. The molecule has 0 unspecified atom stereocenters. The molecule has 7 heteroatoms. The topological polar surface area (TPSA) is 66.5 Å². The molecule has 5 nitrogen and oxygen atoms in total. The van der Waals surface area contributed by atoms with Crippen molar-refractivity contribution in [2.24, 2.45) is 0 Å². The molecule has 28 heavy (non-hydrogen) atoms. The zero-order chi connectivity index (χ0) is 20.4. The molecule has 1 aromatic heterocycles. The van der Waals surface area contributed by atoms with E-state index in [2.05, 4.69) is 26.1 Å². The minimum atomic E-state index is -3.41. The number of rotatable bonds is 5. The van der Waals surface area contributed by atoms with E-state index in [0.29, 0.717) is 29.4 Å². The van der Waals surface area contributed by atoms with Gasteiger partial charge in [0.25, 0.3) is 15.9 Å². The second-order valence-electron chi connectivity index (χ2n) is 8.20. The normalized spacial score (nSPS) is 16.1. The van der Waals surface area contributed by atoms with Gasteiger partial charge >= 0.3 is 0 Å². The lowest BCUT2D eigenvalue weighted by Gasteiger charge is -2.25. The number of sulfonamides is 1. The van der Waals surface area contributed by atoms with E-state index >= 15 is 0 Å². The molecule has 0 atom stereocenters. The highest BCUT2D eigenvalue weighted by Crippen LogP contribution is 2.27. The first kappa shape index (κ1) is 21.0. The highest BCUT2D eigenvalue weighted by molar-refractivity contribution is 7.91. The maximum absolute atomic E-state index is 12.7. The molecule has 0 aliphatic carbocycles. The molecule has 1 aliphatic rings. The lowest BCUT2D eigenvalue weighted by Crippen LogP contribution is -2.35. The van der Waals surface area contributed by atoms with Crippen molar-refractivity contribution in [3.05, 3.63) is 52.4 Å². The average molecular weight is 421 g/mol. The van der Waals surface area contributed by atoms with Gasteiger partial charge in [-0.3, -0.25) is 4.79 Å². The molecule has 1 N–H and O–H groups in total. The van der Waals surface area contributed by atoms with Crippen molar-refractivity contribution in [3.8, 4) is 0 Å². The third-order valence-electron chi connectivity index (χ3n) is 4.98. The maximum Gasteiger partial charge on any atom is 0.252 e. The molecule has 2 heterocycles. The van der Waals surface area contributed by atoms with Crippen LogP contribution < -0.4 is 5.32 Å². The Morgan fingerprint density at radius 2 is 1.68 bits per heavy atom. The van der Waals surface area contributed by atoms with Crippen molar-refractivity contribution in [2.45, 2.75) is 56.2 Å². The summed E-state index contributed by atoms with van der Waals surface area (Å²) >= 11 is 1.23. The monoisotopic (exact) mass is 420 g/mol. The van der Waals surface area contributed by atoms with Crippen LogP contribution in [0.4, 0.5) is 0 Å². The molecule has 0 bridgehead atoms. The first-order valence-electron chi connectivity index (χ1n) is 9.65. The third-order valence-corrected chi connectivity index (χ3v) is 8.43. The Morgan fingerprint density at radius 3 is 2.29 bits per heavy atom. The van der Waals surface area contributed by atoms with E-state index in [1.54, 1.807) is 16.4 Å². The highest BCUT2D eigenvalue weighted by atomic mass is 32.2. The Bertz CT molecular complexity index is 919. The molecule has 0 radical (unpaired) electrons. The summed E-state index contributed by atoms with van der Waals surface area (Å²) in [7, 11) is -3.41. The van der Waals surface area contributed by atoms with Crippen molar-refractivity contribution in [3.63, 3.8) is 0 Å². The number of nitrogens with zero attached hydrogens (tertiary/aromatic N) is 1. The molecule has 152 valence electrons. The van der Waals surface area contributed by atoms with E-state index in [4.69, 9.17) is 0 Å². The van der Waals surface area contributed by atoms with E-state index in [-0.39, 0.29) is 11.3 Å². The summed E-state index contributed by atoms with van der Waals surface area (Å²) < 4.78 is 27.4. The standard InChI is InChI=1S/C21H28N2O3S2/c1-21(2,3)17-9-7-16(8-10-17)20(24)22-15-18-11-12-19(27-18)28(25,26)23-13-5-4-6-14-23/h7-12H,4-6,13-15H2,1-3H3,(H,22,24). The number of amides is 1. The molecule has 3 rings (SSSR count). The minimum absolute atomic E-state index is 0.0439. The second kappa shape index (κ2) is 8.35. The van der Waals surface area contributed by atoms with Crippen molar-refractivity contribution >= 4 is 27.3 Å². The number of hydrogen-bond donors (Lipinski definition) is 1. The highest BCUT2D eigenvalue weighted by Gasteiger charge is 2.27. The number of carbonyl (C=O) groups excluding carboxylic acids is 1. The van der Waals surface area contributed by atoms with Crippen LogP contribution in [-0.4, -0.2) is 31.7 Å². The predicted octanol–water partition coefficient (Wildman–Crippen LogP) is 4.15. The number of carbonyl (C=O) groups is 1. The van der Waals surface area contributed by atoms with Crippen LogP contribution in [0.25, 0.3) is 0 Å². The van der Waals surface area contributed by atoms with Crippen molar-refractivity contribution in [1.82, 2.24) is 9.62 Å². The number of benzene rings is 1. The van der Waals surface area contributed by atoms with Crippen LogP contribution >= 0.6 is 11.3 Å². The summed E-state index contributed by atoms with van der Waals surface area (Å²) in [5, 5.41) is 2.88. The zero-order valence-corrected chi connectivity index (χ0v) is 18.3. The molecule has 0 saturated carbocycles. The lowest BCUT2D eigenvalue weighted by molar-refractivity contribution is 0.0951. The second-order valence-corrected chi connectivity index (χ2v) is 11.5. The van der Waals surface area contributed by atoms with Gasteiger partial charge in [0.15, 0.2) is 0 Å². The summed E-state index contributed by atoms with van der Waals surface area (Å²) in [5.74, 6) is -0.158. The number of thiophene rings is 1. The summed E-state index contributed by atoms with van der Waals surface area (Å²) in [6, 6.07) is 11.0. The van der Waals surface area contributed by atoms with E-state index < -0.39 is 10.0 Å². The largest absolute Gasteiger partial charge is 0.347 e. The zero-order valence-electron chi connectivity index (χ0n) is 16.7. The summed E-state index contributed by atoms with van der Waals surface area (Å²) in [4.78, 5) is 13.2. The molecule has 1 fully saturated rings. The van der Waals surface area contributed by atoms with Gasteiger partial charge in [-0.05, 0) is 48.1 Å². The van der Waals surface area contributed by atoms with Gasteiger partial charge in [-0.2, -0.15) is 4.31 Å². The fourth-order valence-corrected chi connectivity index (χ4v) is 6.18. The fourth-order valence-electron chi connectivity index (χ4n) is 3.22. The van der Waals surface area contributed by atoms with Gasteiger partial charge in [-0.15, -0.1) is 11.3 Å². The first-order valence-corrected chi connectivity index (χ1v) is 11.9. The Hall–Kier alpha value is -1.70. The van der Waals surface area contributed by atoms with Gasteiger partial charge in [-0.1, -0.05) is 39.3 Å². The molecule has 1 aliphatic heterocycles. The Morgan fingerprint density at radius 1 is 1.04 bits per heavy atom. The molecule has 1 saturated heterocycles. The van der Waals surface area contributed by atoms with Crippen LogP contribution in [-0.2, 0) is 22.0 Å². The fraction of sp³-hybridized carbons (Fsp3) is 0.476. The van der Waals surface area contributed by atoms with Crippen molar-refractivity contribution < 1.29 is 13.2 Å². The van der Waals surface area contributed by atoms with Gasteiger partial charge in [0.2, 0.25) is 0 Å². The molecular weight excluding hydrogens is 392 g/mol. The van der Waals surface area contributed by atoms with Crippen molar-refractivity contribution in [1.29, 1.82) is 0 Å². The van der Waals surface area contributed by atoms with E-state index in [1.165, 1.54) is 16.9 Å². The molecular formula is C21H28N2O3S2. The van der Waals surface area contributed by atoms with Crippen molar-refractivity contribution in [2.75, 3.05) is 13.1 Å². The smallest absolute Gasteiger partial charge is 0.252 e. The third kappa shape index (κ3) is 4.82. The van der Waals surface area contributed by atoms with Crippen LogP contribution in [0.3, 0.4) is 0 Å². The predicted molar refractivity (Wildman–Crippen MR) is 113 cm³/mol. The van der Waals surface area contributed by atoms with Gasteiger partial charge in [-0.25, -0.2) is 8.42 Å². The van der Waals surface area contributed by atoms with Gasteiger partial charge in [0.05, 0.1) is 6.54 Å². The van der Waals surface area contributed by atoms with Crippen LogP contribution in [0.2, 0.25) is 0 Å². The number of hydrogen-bond acceptors (Lipinski definition) is 4. The lowest BCUT2D eigenvalue weighted by atomic mass is 9.87. The Labute approximate surface area is 171 Å². The van der Waals surface area contributed by atoms with Crippen LogP contribution in [0, 0.1) is 0 Å². The minimum Gasteiger partial charge on any atom is -0.347 e. The molecule has 1 amide bonds. The number of piperidine rings is 1. The van der Waals surface area contributed by atoms with E-state index in [9.17, 15) is 13.2 Å². The Balaban J connectivity index is 1.62. The van der Waals surface area contributed by atoms with E-state index in [0.717, 1.165) is 24.1 Å². The van der Waals surface area contributed by atoms with E-state index in [1.807, 2.05) is 24.3 Å². The molecule has 2 aromatic rings. The quantitative estimate of drug-likeness (QED) is 0.790. The number of nitrogens with one attached hydrogen (secondary N) is 1. The SMILES string of the molecule is CC(C)(C)c1ccc(C(=O)NCc2ccc(S(=O)(=O)N3CCCCC3)s2)cc1. The van der Waals surface area contributed by atoms with Gasteiger partial charge < -0.3 is 5.32 Å². The van der Waals surface area contributed by atoms with Crippen LogP contribution in [0.1, 0.15) is 60.8 Å². The average Bonchev–Trinajstić information content (AvgIpc) is 3.16. The maximum atomic E-state index is 12.7. The van der Waals surface area contributed by atoms with Gasteiger partial charge in [0.1, 0.15) is 4.21 Å². The summed E-state index contributed by atoms with van der Waals surface area (Å²) in [5.41, 5.74) is 1.82. The summed E-state index contributed by atoms with van der Waals surface area (Å²) in [6.07, 6.45) is 2.92.